The molecule has 0 aromatic heterocycles. The second kappa shape index (κ2) is 4.23. The first-order valence-corrected chi connectivity index (χ1v) is 5.55. The Morgan fingerprint density at radius 2 is 2.27 bits per heavy atom. The van der Waals surface area contributed by atoms with Crippen LogP contribution in [0, 0.1) is 0 Å². The van der Waals surface area contributed by atoms with Gasteiger partial charge in [-0.05, 0) is 28.4 Å². The molecule has 0 unspecified atom stereocenters. The van der Waals surface area contributed by atoms with E-state index >= 15 is 0 Å². The molecular weight excluding hydrogens is 260 g/mol. The molecule has 15 heavy (non-hydrogen) atoms. The second-order valence-electron chi connectivity index (χ2n) is 3.36. The van der Waals surface area contributed by atoms with Crippen LogP contribution in [0.1, 0.15) is 23.2 Å². The number of hydrogen-bond acceptors (Lipinski definition) is 3. The van der Waals surface area contributed by atoms with Crippen molar-refractivity contribution in [1.82, 2.24) is 0 Å². The highest BCUT2D eigenvalue weighted by atomic mass is 79.9. The van der Waals surface area contributed by atoms with Crippen LogP contribution in [-0.4, -0.2) is 19.5 Å². The molecule has 0 amide bonds. The van der Waals surface area contributed by atoms with Crippen LogP contribution in [0.3, 0.4) is 0 Å². The number of fused-ring (bicyclic) bond motifs is 1. The second-order valence-corrected chi connectivity index (χ2v) is 4.21. The van der Waals surface area contributed by atoms with Gasteiger partial charge in [0, 0.05) is 12.5 Å². The molecule has 80 valence electrons. The molecule has 0 radical (unpaired) electrons. The lowest BCUT2D eigenvalue weighted by Gasteiger charge is -2.09. The van der Waals surface area contributed by atoms with Crippen molar-refractivity contribution in [2.75, 3.05) is 13.7 Å². The number of halogens is 1. The van der Waals surface area contributed by atoms with Gasteiger partial charge in [0.05, 0.1) is 23.8 Å². The predicted molar refractivity (Wildman–Crippen MR) is 59.8 cm³/mol. The van der Waals surface area contributed by atoms with Gasteiger partial charge in [-0.15, -0.1) is 0 Å². The van der Waals surface area contributed by atoms with E-state index in [1.165, 1.54) is 0 Å². The molecule has 0 bridgehead atoms. The third-order valence-electron chi connectivity index (χ3n) is 2.36. The topological polar surface area (TPSA) is 35.5 Å². The number of methoxy groups -OCH3 is 1. The van der Waals surface area contributed by atoms with Gasteiger partial charge in [-0.3, -0.25) is 4.79 Å². The molecule has 1 aromatic carbocycles. The molecule has 0 aliphatic carbocycles. The fourth-order valence-corrected chi connectivity index (χ4v) is 2.08. The number of rotatable bonds is 1. The fourth-order valence-electron chi connectivity index (χ4n) is 1.58. The van der Waals surface area contributed by atoms with Crippen LogP contribution in [0.2, 0.25) is 0 Å². The van der Waals surface area contributed by atoms with Crippen LogP contribution in [0.5, 0.6) is 11.5 Å². The Morgan fingerprint density at radius 3 is 3.00 bits per heavy atom. The summed E-state index contributed by atoms with van der Waals surface area (Å²) in [4.78, 5) is 11.7. The number of carbonyl (C=O) groups is 1. The van der Waals surface area contributed by atoms with Gasteiger partial charge in [0.2, 0.25) is 0 Å². The molecule has 0 spiro atoms. The monoisotopic (exact) mass is 270 g/mol. The standard InChI is InChI=1S/C11H11BrO3/c1-14-11-6-10-7(5-8(11)12)9(13)3-2-4-15-10/h5-6H,2-4H2,1H3. The minimum Gasteiger partial charge on any atom is -0.495 e. The van der Waals surface area contributed by atoms with Crippen LogP contribution < -0.4 is 9.47 Å². The highest BCUT2D eigenvalue weighted by molar-refractivity contribution is 9.10. The molecule has 1 aliphatic heterocycles. The molecule has 0 saturated heterocycles. The van der Waals surface area contributed by atoms with E-state index in [-0.39, 0.29) is 5.78 Å². The van der Waals surface area contributed by atoms with Crippen molar-refractivity contribution in [3.8, 4) is 11.5 Å². The molecule has 0 N–H and O–H groups in total. The van der Waals surface area contributed by atoms with Crippen molar-refractivity contribution in [3.05, 3.63) is 22.2 Å². The zero-order chi connectivity index (χ0) is 10.8. The molecule has 0 atom stereocenters. The third-order valence-corrected chi connectivity index (χ3v) is 2.98. The first-order chi connectivity index (χ1) is 7.22. The van der Waals surface area contributed by atoms with Gasteiger partial charge >= 0.3 is 0 Å². The quantitative estimate of drug-likeness (QED) is 0.787. The summed E-state index contributed by atoms with van der Waals surface area (Å²) in [6.45, 7) is 0.587. The van der Waals surface area contributed by atoms with Gasteiger partial charge < -0.3 is 9.47 Å². The summed E-state index contributed by atoms with van der Waals surface area (Å²) in [5.74, 6) is 1.44. The van der Waals surface area contributed by atoms with Crippen LogP contribution in [0.25, 0.3) is 0 Å². The Kier molecular flexibility index (Phi) is 2.95. The highest BCUT2D eigenvalue weighted by Crippen LogP contribution is 2.34. The van der Waals surface area contributed by atoms with E-state index in [4.69, 9.17) is 9.47 Å². The summed E-state index contributed by atoms with van der Waals surface area (Å²) in [7, 11) is 1.59. The maximum absolute atomic E-state index is 11.7. The molecule has 4 heteroatoms. The van der Waals surface area contributed by atoms with E-state index in [0.29, 0.717) is 30.1 Å². The molecule has 2 rings (SSSR count). The molecule has 1 aromatic rings. The van der Waals surface area contributed by atoms with Gasteiger partial charge in [-0.1, -0.05) is 0 Å². The summed E-state index contributed by atoms with van der Waals surface area (Å²) in [6, 6.07) is 3.52. The number of hydrogen-bond donors (Lipinski definition) is 0. The van der Waals surface area contributed by atoms with Crippen LogP contribution in [0.4, 0.5) is 0 Å². The summed E-state index contributed by atoms with van der Waals surface area (Å²) >= 11 is 3.36. The lowest BCUT2D eigenvalue weighted by atomic mass is 10.1. The predicted octanol–water partition coefficient (Wildman–Crippen LogP) is 2.81. The van der Waals surface area contributed by atoms with Gasteiger partial charge in [0.25, 0.3) is 0 Å². The summed E-state index contributed by atoms with van der Waals surface area (Å²) in [5.41, 5.74) is 0.639. The SMILES string of the molecule is COc1cc2c(cc1Br)C(=O)CCCO2. The number of ether oxygens (including phenoxy) is 2. The van der Waals surface area contributed by atoms with E-state index in [0.717, 1.165) is 10.9 Å². The number of carbonyl (C=O) groups excluding carboxylic acids is 1. The number of ketones is 1. The van der Waals surface area contributed by atoms with E-state index in [2.05, 4.69) is 15.9 Å². The third kappa shape index (κ3) is 2.00. The zero-order valence-corrected chi connectivity index (χ0v) is 9.96. The van der Waals surface area contributed by atoms with Crippen LogP contribution in [0.15, 0.2) is 16.6 Å². The molecule has 0 fully saturated rings. The molecule has 3 nitrogen and oxygen atoms in total. The van der Waals surface area contributed by atoms with Crippen LogP contribution >= 0.6 is 15.9 Å². The smallest absolute Gasteiger partial charge is 0.166 e. The average Bonchev–Trinajstić information content (AvgIpc) is 2.40. The van der Waals surface area contributed by atoms with Gasteiger partial charge in [-0.25, -0.2) is 0 Å². The largest absolute Gasteiger partial charge is 0.495 e. The highest BCUT2D eigenvalue weighted by Gasteiger charge is 2.19. The van der Waals surface area contributed by atoms with Crippen molar-refractivity contribution in [3.63, 3.8) is 0 Å². The Hall–Kier alpha value is -1.03. The van der Waals surface area contributed by atoms with E-state index in [9.17, 15) is 4.79 Å². The summed E-state index contributed by atoms with van der Waals surface area (Å²) in [6.07, 6.45) is 1.32. The Labute approximate surface area is 96.5 Å². The summed E-state index contributed by atoms with van der Waals surface area (Å²) < 4.78 is 11.4. The van der Waals surface area contributed by atoms with Gasteiger partial charge in [-0.2, -0.15) is 0 Å². The Balaban J connectivity index is 2.51. The fraction of sp³-hybridized carbons (Fsp3) is 0.364. The maximum atomic E-state index is 11.7. The Morgan fingerprint density at radius 1 is 1.47 bits per heavy atom. The first kappa shape index (κ1) is 10.5. The number of benzene rings is 1. The molecule has 1 aliphatic rings. The normalized spacial score (nSPS) is 15.2. The number of Topliss-reactive ketones (excluding diaryl/α,β-unsaturated/α-hetero) is 1. The van der Waals surface area contributed by atoms with E-state index in [1.54, 1.807) is 19.2 Å². The van der Waals surface area contributed by atoms with E-state index < -0.39 is 0 Å². The van der Waals surface area contributed by atoms with Crippen molar-refractivity contribution in [2.24, 2.45) is 0 Å². The molecule has 1 heterocycles. The van der Waals surface area contributed by atoms with Crippen molar-refractivity contribution < 1.29 is 14.3 Å². The minimum atomic E-state index is 0.130. The van der Waals surface area contributed by atoms with Gasteiger partial charge in [0.15, 0.2) is 5.78 Å². The average molecular weight is 271 g/mol. The van der Waals surface area contributed by atoms with Crippen LogP contribution in [-0.2, 0) is 0 Å². The summed E-state index contributed by atoms with van der Waals surface area (Å²) in [5, 5.41) is 0. The van der Waals surface area contributed by atoms with Crippen molar-refractivity contribution >= 4 is 21.7 Å². The van der Waals surface area contributed by atoms with E-state index in [1.807, 2.05) is 0 Å². The van der Waals surface area contributed by atoms with Crippen molar-refractivity contribution in [1.29, 1.82) is 0 Å². The maximum Gasteiger partial charge on any atom is 0.166 e. The lowest BCUT2D eigenvalue weighted by Crippen LogP contribution is -1.98. The lowest BCUT2D eigenvalue weighted by molar-refractivity contribution is 0.0983. The molecule has 0 saturated carbocycles. The van der Waals surface area contributed by atoms with Gasteiger partial charge in [0.1, 0.15) is 11.5 Å². The Bertz CT molecular complexity index is 401. The molecular formula is C11H11BrO3. The van der Waals surface area contributed by atoms with Crippen molar-refractivity contribution in [2.45, 2.75) is 12.8 Å². The first-order valence-electron chi connectivity index (χ1n) is 4.76. The zero-order valence-electron chi connectivity index (χ0n) is 8.38. The minimum absolute atomic E-state index is 0.130.